The summed E-state index contributed by atoms with van der Waals surface area (Å²) in [7, 11) is -8.46. The molecule has 0 saturated carbocycles. The zero-order valence-electron chi connectivity index (χ0n) is 14.0. The monoisotopic (exact) mass is 422 g/mol. The van der Waals surface area contributed by atoms with Crippen LogP contribution in [0.2, 0.25) is 0 Å². The second-order valence-corrected chi connectivity index (χ2v) is 9.62. The number of sulfone groups is 2. The Kier molecular flexibility index (Phi) is 4.69. The highest BCUT2D eigenvalue weighted by atomic mass is 32.2. The topological polar surface area (TPSA) is 149 Å². The summed E-state index contributed by atoms with van der Waals surface area (Å²) in [6.07, 6.45) is 0. The molecule has 0 radical (unpaired) electrons. The lowest BCUT2D eigenvalue weighted by molar-refractivity contribution is 0.445. The lowest BCUT2D eigenvalue weighted by atomic mass is 10.3. The van der Waals surface area contributed by atoms with Crippen LogP contribution < -0.4 is 0 Å². The first-order valence-corrected chi connectivity index (χ1v) is 10.6. The smallest absolute Gasteiger partial charge is 0.210 e. The van der Waals surface area contributed by atoms with Gasteiger partial charge in [-0.05, 0) is 48.5 Å². The summed E-state index contributed by atoms with van der Waals surface area (Å²) in [5.74, 6) is -1.87. The van der Waals surface area contributed by atoms with Crippen molar-refractivity contribution in [2.75, 3.05) is 0 Å². The Morgan fingerprint density at radius 1 is 0.500 bits per heavy atom. The molecule has 28 heavy (non-hydrogen) atoms. The fraction of sp³-hybridized carbons (Fsp3) is 0. The zero-order chi connectivity index (χ0) is 20.7. The van der Waals surface area contributed by atoms with E-state index < -0.39 is 41.0 Å². The molecule has 10 heteroatoms. The van der Waals surface area contributed by atoms with E-state index in [1.165, 1.54) is 0 Å². The van der Waals surface area contributed by atoms with Crippen LogP contribution in [0.15, 0.2) is 80.2 Å². The number of hydrogen-bond donors (Lipinski definition) is 4. The minimum absolute atomic E-state index is 0.313. The van der Waals surface area contributed by atoms with E-state index in [1.54, 1.807) is 0 Å². The van der Waals surface area contributed by atoms with E-state index in [0.29, 0.717) is 0 Å². The molecule has 0 amide bonds. The number of benzene rings is 3. The number of aromatic hydroxyl groups is 4. The van der Waals surface area contributed by atoms with E-state index in [0.717, 1.165) is 60.7 Å². The van der Waals surface area contributed by atoms with Gasteiger partial charge in [-0.3, -0.25) is 0 Å². The van der Waals surface area contributed by atoms with Crippen molar-refractivity contribution < 1.29 is 37.3 Å². The van der Waals surface area contributed by atoms with Crippen molar-refractivity contribution in [1.82, 2.24) is 0 Å². The molecule has 4 N–H and O–H groups in total. The predicted octanol–water partition coefficient (Wildman–Crippen LogP) is 2.17. The first kappa shape index (κ1) is 19.5. The van der Waals surface area contributed by atoms with E-state index in [4.69, 9.17) is 0 Å². The second kappa shape index (κ2) is 6.73. The number of hydrogen-bond acceptors (Lipinski definition) is 8. The fourth-order valence-corrected chi connectivity index (χ4v) is 5.22. The van der Waals surface area contributed by atoms with Gasteiger partial charge in [0.2, 0.25) is 19.7 Å². The van der Waals surface area contributed by atoms with Gasteiger partial charge in [0.25, 0.3) is 0 Å². The van der Waals surface area contributed by atoms with E-state index in [2.05, 4.69) is 0 Å². The molecule has 0 aliphatic rings. The highest BCUT2D eigenvalue weighted by molar-refractivity contribution is 7.92. The van der Waals surface area contributed by atoms with Crippen molar-refractivity contribution in [2.24, 2.45) is 0 Å². The standard InChI is InChI=1S/C18H14O8S2/c19-11-1-7-15(21)17(9-11)27(23,24)13-3-5-14(6-4-13)28(25,26)18-10-12(20)2-8-16(18)22/h1-10,19-22H. The SMILES string of the molecule is O=S(=O)(c1ccc(S(=O)(=O)c2cc(O)ccc2O)cc1)c1cc(O)ccc1O. The van der Waals surface area contributed by atoms with Crippen LogP contribution in [0.3, 0.4) is 0 Å². The van der Waals surface area contributed by atoms with Crippen LogP contribution >= 0.6 is 0 Å². The van der Waals surface area contributed by atoms with Crippen LogP contribution in [0, 0.1) is 0 Å². The lowest BCUT2D eigenvalue weighted by Gasteiger charge is -2.10. The third-order valence-corrected chi connectivity index (χ3v) is 7.51. The van der Waals surface area contributed by atoms with Gasteiger partial charge in [-0.15, -0.1) is 0 Å². The molecular weight excluding hydrogens is 408 g/mol. The average molecular weight is 422 g/mol. The quantitative estimate of drug-likeness (QED) is 0.467. The molecule has 0 aromatic heterocycles. The molecule has 146 valence electrons. The van der Waals surface area contributed by atoms with Crippen LogP contribution in [-0.4, -0.2) is 37.3 Å². The summed E-state index contributed by atoms with van der Waals surface area (Å²) >= 11 is 0. The Labute approximate surface area is 160 Å². The molecule has 0 aliphatic carbocycles. The fourth-order valence-electron chi connectivity index (χ4n) is 2.49. The predicted molar refractivity (Wildman–Crippen MR) is 96.9 cm³/mol. The summed E-state index contributed by atoms with van der Waals surface area (Å²) in [6.45, 7) is 0. The van der Waals surface area contributed by atoms with Crippen molar-refractivity contribution in [1.29, 1.82) is 0 Å². The van der Waals surface area contributed by atoms with Crippen LogP contribution in [0.1, 0.15) is 0 Å². The van der Waals surface area contributed by atoms with Crippen LogP contribution in [0.25, 0.3) is 0 Å². The summed E-state index contributed by atoms with van der Waals surface area (Å²) in [5, 5.41) is 38.5. The van der Waals surface area contributed by atoms with Gasteiger partial charge in [0.1, 0.15) is 32.8 Å². The van der Waals surface area contributed by atoms with Crippen molar-refractivity contribution in [3.8, 4) is 23.0 Å². The molecule has 0 fully saturated rings. The highest BCUT2D eigenvalue weighted by Gasteiger charge is 2.25. The molecule has 3 rings (SSSR count). The summed E-state index contributed by atoms with van der Waals surface area (Å²) < 4.78 is 50.6. The molecule has 0 spiro atoms. The molecule has 0 heterocycles. The molecule has 0 atom stereocenters. The first-order chi connectivity index (χ1) is 13.0. The third-order valence-electron chi connectivity index (χ3n) is 3.91. The van der Waals surface area contributed by atoms with E-state index in [1.807, 2.05) is 0 Å². The van der Waals surface area contributed by atoms with Crippen molar-refractivity contribution >= 4 is 19.7 Å². The van der Waals surface area contributed by atoms with Crippen LogP contribution in [0.5, 0.6) is 23.0 Å². The zero-order valence-corrected chi connectivity index (χ0v) is 15.6. The van der Waals surface area contributed by atoms with Crippen molar-refractivity contribution in [3.05, 3.63) is 60.7 Å². The van der Waals surface area contributed by atoms with Gasteiger partial charge < -0.3 is 20.4 Å². The number of phenols is 4. The largest absolute Gasteiger partial charge is 0.508 e. The summed E-state index contributed by atoms with van der Waals surface area (Å²) in [5.41, 5.74) is 0. The van der Waals surface area contributed by atoms with E-state index in [-0.39, 0.29) is 21.3 Å². The lowest BCUT2D eigenvalue weighted by Crippen LogP contribution is -2.05. The maximum Gasteiger partial charge on any atom is 0.210 e. The van der Waals surface area contributed by atoms with Crippen molar-refractivity contribution in [2.45, 2.75) is 19.6 Å². The molecular formula is C18H14O8S2. The maximum absolute atomic E-state index is 12.6. The van der Waals surface area contributed by atoms with E-state index in [9.17, 15) is 37.3 Å². The summed E-state index contributed by atoms with van der Waals surface area (Å²) in [4.78, 5) is -1.69. The maximum atomic E-state index is 12.6. The Bertz CT molecular complexity index is 1160. The van der Waals surface area contributed by atoms with Crippen LogP contribution in [-0.2, 0) is 19.7 Å². The van der Waals surface area contributed by atoms with Gasteiger partial charge in [0.15, 0.2) is 0 Å². The van der Waals surface area contributed by atoms with Gasteiger partial charge >= 0.3 is 0 Å². The molecule has 0 aliphatic heterocycles. The minimum atomic E-state index is -4.23. The second-order valence-electron chi connectivity index (χ2n) is 5.78. The van der Waals surface area contributed by atoms with Crippen LogP contribution in [0.4, 0.5) is 0 Å². The van der Waals surface area contributed by atoms with Gasteiger partial charge in [0, 0.05) is 12.1 Å². The summed E-state index contributed by atoms with van der Waals surface area (Å²) in [6, 6.07) is 10.1. The van der Waals surface area contributed by atoms with Gasteiger partial charge in [0.05, 0.1) is 9.79 Å². The van der Waals surface area contributed by atoms with E-state index >= 15 is 0 Å². The number of rotatable bonds is 4. The normalized spacial score (nSPS) is 12.0. The minimum Gasteiger partial charge on any atom is -0.508 e. The highest BCUT2D eigenvalue weighted by Crippen LogP contribution is 2.34. The van der Waals surface area contributed by atoms with Crippen molar-refractivity contribution in [3.63, 3.8) is 0 Å². The Balaban J connectivity index is 2.06. The van der Waals surface area contributed by atoms with Gasteiger partial charge in [-0.25, -0.2) is 16.8 Å². The average Bonchev–Trinajstić information content (AvgIpc) is 2.65. The Morgan fingerprint density at radius 2 is 0.821 bits per heavy atom. The first-order valence-electron chi connectivity index (χ1n) is 7.68. The number of phenolic OH excluding ortho intramolecular Hbond substituents is 4. The molecule has 0 saturated heterocycles. The molecule has 3 aromatic carbocycles. The molecule has 0 unspecified atom stereocenters. The third kappa shape index (κ3) is 3.35. The van der Waals surface area contributed by atoms with Gasteiger partial charge in [-0.2, -0.15) is 0 Å². The van der Waals surface area contributed by atoms with Gasteiger partial charge in [-0.1, -0.05) is 0 Å². The molecule has 0 bridgehead atoms. The Hall–Kier alpha value is -3.24. The Morgan fingerprint density at radius 3 is 1.14 bits per heavy atom. The molecule has 3 aromatic rings. The molecule has 8 nitrogen and oxygen atoms in total.